The van der Waals surface area contributed by atoms with Crippen molar-refractivity contribution in [2.45, 2.75) is 4.90 Å². The summed E-state index contributed by atoms with van der Waals surface area (Å²) in [6.45, 7) is 0.645. The third-order valence-electron chi connectivity index (χ3n) is 2.02. The summed E-state index contributed by atoms with van der Waals surface area (Å²) in [4.78, 5) is 12.3. The highest BCUT2D eigenvalue weighted by Crippen LogP contribution is 2.28. The first-order valence-electron chi connectivity index (χ1n) is 4.79. The molecule has 1 rings (SSSR count). The van der Waals surface area contributed by atoms with E-state index >= 15 is 0 Å². The average molecular weight is 241 g/mol. The molecule has 0 saturated heterocycles. The van der Waals surface area contributed by atoms with E-state index in [1.165, 1.54) is 7.11 Å². The molecule has 0 radical (unpaired) electrons. The van der Waals surface area contributed by atoms with Crippen molar-refractivity contribution in [2.75, 3.05) is 32.3 Å². The maximum absolute atomic E-state index is 11.4. The number of hydrogen-bond acceptors (Lipinski definition) is 5. The van der Waals surface area contributed by atoms with Crippen molar-refractivity contribution >= 4 is 23.4 Å². The van der Waals surface area contributed by atoms with Crippen LogP contribution in [-0.2, 0) is 9.47 Å². The topological polar surface area (TPSA) is 61.5 Å². The molecule has 88 valence electrons. The van der Waals surface area contributed by atoms with Gasteiger partial charge in [-0.05, 0) is 12.1 Å². The average Bonchev–Trinajstić information content (AvgIpc) is 2.30. The minimum atomic E-state index is -0.410. The van der Waals surface area contributed by atoms with Gasteiger partial charge in [-0.15, -0.1) is 11.8 Å². The van der Waals surface area contributed by atoms with E-state index in [-0.39, 0.29) is 0 Å². The molecule has 0 aliphatic rings. The predicted molar refractivity (Wildman–Crippen MR) is 64.8 cm³/mol. The number of carbonyl (C=O) groups excluding carboxylic acids is 1. The summed E-state index contributed by atoms with van der Waals surface area (Å²) < 4.78 is 9.59. The number of carbonyl (C=O) groups is 1. The summed E-state index contributed by atoms with van der Waals surface area (Å²) in [5, 5.41) is 0. The number of methoxy groups -OCH3 is 2. The second-order valence-corrected chi connectivity index (χ2v) is 4.19. The molecule has 0 amide bonds. The van der Waals surface area contributed by atoms with Crippen LogP contribution in [0.5, 0.6) is 0 Å². The standard InChI is InChI=1S/C11H15NO3S/c1-14-6-7-16-9-5-3-4-8(10(9)12)11(13)15-2/h3-5H,6-7,12H2,1-2H3. The van der Waals surface area contributed by atoms with Crippen LogP contribution in [0.1, 0.15) is 10.4 Å². The summed E-state index contributed by atoms with van der Waals surface area (Å²) in [5.74, 6) is 0.386. The van der Waals surface area contributed by atoms with Crippen LogP contribution in [0.3, 0.4) is 0 Å². The Balaban J connectivity index is 2.82. The van der Waals surface area contributed by atoms with Gasteiger partial charge in [-0.3, -0.25) is 0 Å². The Kier molecular flexibility index (Phi) is 5.14. The van der Waals surface area contributed by atoms with Gasteiger partial charge in [0.2, 0.25) is 0 Å². The SMILES string of the molecule is COCCSc1cccc(C(=O)OC)c1N. The van der Waals surface area contributed by atoms with Gasteiger partial charge in [-0.2, -0.15) is 0 Å². The number of thioether (sulfide) groups is 1. The summed E-state index contributed by atoms with van der Waals surface area (Å²) in [6.07, 6.45) is 0. The lowest BCUT2D eigenvalue weighted by atomic mass is 10.2. The Bertz CT molecular complexity index is 368. The molecule has 0 atom stereocenters. The molecular weight excluding hydrogens is 226 g/mol. The second-order valence-electron chi connectivity index (χ2n) is 3.05. The van der Waals surface area contributed by atoms with Crippen molar-refractivity contribution in [3.8, 4) is 0 Å². The van der Waals surface area contributed by atoms with Crippen LogP contribution in [-0.4, -0.2) is 32.5 Å². The molecule has 1 aromatic rings. The number of benzene rings is 1. The Morgan fingerprint density at radius 2 is 2.19 bits per heavy atom. The van der Waals surface area contributed by atoms with Crippen LogP contribution < -0.4 is 5.73 Å². The monoisotopic (exact) mass is 241 g/mol. The van der Waals surface area contributed by atoms with Crippen LogP contribution in [0, 0.1) is 0 Å². The van der Waals surface area contributed by atoms with E-state index in [1.54, 1.807) is 31.0 Å². The second kappa shape index (κ2) is 6.40. The molecule has 4 nitrogen and oxygen atoms in total. The van der Waals surface area contributed by atoms with Gasteiger partial charge in [0.15, 0.2) is 0 Å². The van der Waals surface area contributed by atoms with Crippen LogP contribution in [0.4, 0.5) is 5.69 Å². The van der Waals surface area contributed by atoms with Gasteiger partial charge in [0.05, 0.1) is 25.0 Å². The zero-order valence-corrected chi connectivity index (χ0v) is 10.2. The predicted octanol–water partition coefficient (Wildman–Crippen LogP) is 1.79. The maximum Gasteiger partial charge on any atom is 0.339 e. The van der Waals surface area contributed by atoms with Gasteiger partial charge < -0.3 is 15.2 Å². The molecule has 0 aliphatic carbocycles. The smallest absolute Gasteiger partial charge is 0.339 e. The largest absolute Gasteiger partial charge is 0.465 e. The normalized spacial score (nSPS) is 10.1. The van der Waals surface area contributed by atoms with Crippen molar-refractivity contribution in [3.63, 3.8) is 0 Å². The summed E-state index contributed by atoms with van der Waals surface area (Å²) >= 11 is 1.56. The van der Waals surface area contributed by atoms with Gasteiger partial charge in [0, 0.05) is 17.8 Å². The Hall–Kier alpha value is -1.20. The Labute approximate surface area is 99.1 Å². The van der Waals surface area contributed by atoms with E-state index in [9.17, 15) is 4.79 Å². The zero-order valence-electron chi connectivity index (χ0n) is 9.36. The summed E-state index contributed by atoms with van der Waals surface area (Å²) in [7, 11) is 2.99. The van der Waals surface area contributed by atoms with Crippen LogP contribution >= 0.6 is 11.8 Å². The number of nitrogen functional groups attached to an aromatic ring is 1. The molecule has 2 N–H and O–H groups in total. The maximum atomic E-state index is 11.4. The molecule has 5 heteroatoms. The fraction of sp³-hybridized carbons (Fsp3) is 0.364. The molecular formula is C11H15NO3S. The molecule has 0 unspecified atom stereocenters. The Morgan fingerprint density at radius 3 is 2.81 bits per heavy atom. The lowest BCUT2D eigenvalue weighted by Gasteiger charge is -2.08. The molecule has 1 aromatic carbocycles. The first-order valence-corrected chi connectivity index (χ1v) is 5.77. The highest BCUT2D eigenvalue weighted by molar-refractivity contribution is 7.99. The molecule has 0 bridgehead atoms. The number of ether oxygens (including phenoxy) is 2. The molecule has 0 aromatic heterocycles. The minimum Gasteiger partial charge on any atom is -0.465 e. The van der Waals surface area contributed by atoms with Crippen molar-refractivity contribution in [1.82, 2.24) is 0 Å². The zero-order chi connectivity index (χ0) is 12.0. The summed E-state index contributed by atoms with van der Waals surface area (Å²) in [6, 6.07) is 5.32. The first kappa shape index (κ1) is 12.9. The third-order valence-corrected chi connectivity index (χ3v) is 3.05. The lowest BCUT2D eigenvalue weighted by molar-refractivity contribution is 0.0601. The molecule has 16 heavy (non-hydrogen) atoms. The van der Waals surface area contributed by atoms with E-state index in [4.69, 9.17) is 10.5 Å². The highest BCUT2D eigenvalue weighted by Gasteiger charge is 2.12. The minimum absolute atomic E-state index is 0.407. The number of anilines is 1. The fourth-order valence-electron chi connectivity index (χ4n) is 1.19. The molecule has 0 aliphatic heterocycles. The van der Waals surface area contributed by atoms with Crippen molar-refractivity contribution in [3.05, 3.63) is 23.8 Å². The van der Waals surface area contributed by atoms with Crippen molar-refractivity contribution in [2.24, 2.45) is 0 Å². The number of para-hydroxylation sites is 1. The number of rotatable bonds is 5. The van der Waals surface area contributed by atoms with E-state index in [0.29, 0.717) is 17.9 Å². The molecule has 0 saturated carbocycles. The van der Waals surface area contributed by atoms with Crippen LogP contribution in [0.2, 0.25) is 0 Å². The van der Waals surface area contributed by atoms with Crippen LogP contribution in [0.15, 0.2) is 23.1 Å². The quantitative estimate of drug-likeness (QED) is 0.368. The van der Waals surface area contributed by atoms with Gasteiger partial charge in [-0.1, -0.05) is 6.07 Å². The van der Waals surface area contributed by atoms with Gasteiger partial charge in [0.1, 0.15) is 0 Å². The van der Waals surface area contributed by atoms with Gasteiger partial charge >= 0.3 is 5.97 Å². The third kappa shape index (κ3) is 3.15. The lowest BCUT2D eigenvalue weighted by Crippen LogP contribution is -2.06. The van der Waals surface area contributed by atoms with E-state index in [0.717, 1.165) is 10.6 Å². The fourth-order valence-corrected chi connectivity index (χ4v) is 2.10. The Morgan fingerprint density at radius 1 is 1.44 bits per heavy atom. The van der Waals surface area contributed by atoms with Crippen LogP contribution in [0.25, 0.3) is 0 Å². The highest BCUT2D eigenvalue weighted by atomic mass is 32.2. The van der Waals surface area contributed by atoms with E-state index < -0.39 is 5.97 Å². The van der Waals surface area contributed by atoms with Crippen molar-refractivity contribution < 1.29 is 14.3 Å². The number of esters is 1. The molecule has 0 spiro atoms. The van der Waals surface area contributed by atoms with Crippen molar-refractivity contribution in [1.29, 1.82) is 0 Å². The number of nitrogens with two attached hydrogens (primary N) is 1. The first-order chi connectivity index (χ1) is 7.70. The van der Waals surface area contributed by atoms with E-state index in [2.05, 4.69) is 4.74 Å². The van der Waals surface area contributed by atoms with Gasteiger partial charge in [0.25, 0.3) is 0 Å². The van der Waals surface area contributed by atoms with E-state index in [1.807, 2.05) is 6.07 Å². The number of hydrogen-bond donors (Lipinski definition) is 1. The van der Waals surface area contributed by atoms with Gasteiger partial charge in [-0.25, -0.2) is 4.79 Å². The molecule has 0 fully saturated rings. The molecule has 0 heterocycles. The summed E-state index contributed by atoms with van der Waals surface area (Å²) in [5.41, 5.74) is 6.75.